The highest BCUT2D eigenvalue weighted by atomic mass is 35.5. The Morgan fingerprint density at radius 2 is 2.00 bits per heavy atom. The van der Waals surface area contributed by atoms with E-state index in [1.54, 1.807) is 0 Å². The first kappa shape index (κ1) is 11.1. The van der Waals surface area contributed by atoms with Crippen LogP contribution in [0.15, 0.2) is 24.3 Å². The van der Waals surface area contributed by atoms with Crippen LogP contribution in [0.4, 0.5) is 0 Å². The molecule has 0 bridgehead atoms. The number of rotatable bonds is 1. The lowest BCUT2D eigenvalue weighted by Gasteiger charge is -2.23. The maximum Gasteiger partial charge on any atom is 0.0481 e. The van der Waals surface area contributed by atoms with Gasteiger partial charge in [-0.05, 0) is 50.2 Å². The van der Waals surface area contributed by atoms with E-state index in [0.29, 0.717) is 5.92 Å². The van der Waals surface area contributed by atoms with Crippen LogP contribution in [0, 0.1) is 0 Å². The van der Waals surface area contributed by atoms with Crippen molar-refractivity contribution in [1.29, 1.82) is 0 Å². The van der Waals surface area contributed by atoms with Crippen molar-refractivity contribution in [3.05, 3.63) is 35.0 Å². The van der Waals surface area contributed by atoms with Crippen LogP contribution < -0.4 is 5.32 Å². The quantitative estimate of drug-likeness (QED) is 0.820. The number of aromatic nitrogens is 1. The standard InChI is InChI=1S/C14H17ClN2/c1-17-13-3-2-12(15)8-11(13)9-14(17)10-4-6-16-7-5-10/h2-3,8-10,16H,4-7H2,1H3. The van der Waals surface area contributed by atoms with Crippen LogP contribution in [-0.4, -0.2) is 17.7 Å². The van der Waals surface area contributed by atoms with E-state index in [4.69, 9.17) is 11.6 Å². The van der Waals surface area contributed by atoms with E-state index in [-0.39, 0.29) is 0 Å². The Morgan fingerprint density at radius 1 is 1.24 bits per heavy atom. The highest BCUT2D eigenvalue weighted by molar-refractivity contribution is 6.31. The molecule has 0 saturated carbocycles. The molecule has 3 rings (SSSR count). The average molecular weight is 249 g/mol. The SMILES string of the molecule is Cn1c(C2CCNCC2)cc2cc(Cl)ccc21. The molecule has 1 aromatic heterocycles. The molecule has 2 aromatic rings. The fourth-order valence-electron chi connectivity index (χ4n) is 2.85. The molecule has 1 aliphatic heterocycles. The van der Waals surface area contributed by atoms with Crippen molar-refractivity contribution in [3.8, 4) is 0 Å². The summed E-state index contributed by atoms with van der Waals surface area (Å²) in [6, 6.07) is 8.44. The molecule has 1 aliphatic rings. The summed E-state index contributed by atoms with van der Waals surface area (Å²) in [5.74, 6) is 0.687. The van der Waals surface area contributed by atoms with Gasteiger partial charge in [-0.25, -0.2) is 0 Å². The molecule has 1 saturated heterocycles. The Labute approximate surface area is 107 Å². The Kier molecular flexibility index (Phi) is 2.85. The monoisotopic (exact) mass is 248 g/mol. The molecule has 0 atom stereocenters. The summed E-state index contributed by atoms with van der Waals surface area (Å²) in [5.41, 5.74) is 2.73. The first-order valence-electron chi connectivity index (χ1n) is 6.21. The van der Waals surface area contributed by atoms with Crippen molar-refractivity contribution in [2.75, 3.05) is 13.1 Å². The topological polar surface area (TPSA) is 17.0 Å². The fraction of sp³-hybridized carbons (Fsp3) is 0.429. The van der Waals surface area contributed by atoms with Gasteiger partial charge >= 0.3 is 0 Å². The first-order chi connectivity index (χ1) is 8.25. The summed E-state index contributed by atoms with van der Waals surface area (Å²) in [6.45, 7) is 2.26. The van der Waals surface area contributed by atoms with E-state index >= 15 is 0 Å². The summed E-state index contributed by atoms with van der Waals surface area (Å²) in [4.78, 5) is 0. The molecule has 0 aliphatic carbocycles. The second kappa shape index (κ2) is 4.35. The Balaban J connectivity index is 2.07. The van der Waals surface area contributed by atoms with Gasteiger partial charge in [-0.3, -0.25) is 0 Å². The van der Waals surface area contributed by atoms with E-state index in [1.165, 1.54) is 29.4 Å². The number of aryl methyl sites for hydroxylation is 1. The second-order valence-corrected chi connectivity index (χ2v) is 5.29. The van der Waals surface area contributed by atoms with Crippen LogP contribution in [0.3, 0.4) is 0 Å². The largest absolute Gasteiger partial charge is 0.347 e. The van der Waals surface area contributed by atoms with Gasteiger partial charge in [-0.2, -0.15) is 0 Å². The minimum atomic E-state index is 0.687. The Hall–Kier alpha value is -0.990. The van der Waals surface area contributed by atoms with E-state index < -0.39 is 0 Å². The van der Waals surface area contributed by atoms with Crippen LogP contribution in [0.1, 0.15) is 24.5 Å². The van der Waals surface area contributed by atoms with Gasteiger partial charge in [0.15, 0.2) is 0 Å². The number of benzene rings is 1. The molecule has 0 radical (unpaired) electrons. The number of nitrogens with zero attached hydrogens (tertiary/aromatic N) is 1. The minimum Gasteiger partial charge on any atom is -0.347 e. The number of halogens is 1. The molecule has 1 N–H and O–H groups in total. The third-order valence-corrected chi connectivity index (χ3v) is 4.03. The van der Waals surface area contributed by atoms with E-state index in [1.807, 2.05) is 6.07 Å². The van der Waals surface area contributed by atoms with Gasteiger partial charge in [0, 0.05) is 34.6 Å². The number of piperidine rings is 1. The van der Waals surface area contributed by atoms with Crippen molar-refractivity contribution in [2.24, 2.45) is 7.05 Å². The number of fused-ring (bicyclic) bond motifs is 1. The molecule has 0 unspecified atom stereocenters. The summed E-state index contributed by atoms with van der Waals surface area (Å²) >= 11 is 6.05. The predicted molar refractivity (Wildman–Crippen MR) is 72.8 cm³/mol. The average Bonchev–Trinajstić information content (AvgIpc) is 2.67. The number of nitrogens with one attached hydrogen (secondary N) is 1. The van der Waals surface area contributed by atoms with Crippen molar-refractivity contribution >= 4 is 22.5 Å². The zero-order valence-corrected chi connectivity index (χ0v) is 10.8. The van der Waals surface area contributed by atoms with Gasteiger partial charge < -0.3 is 9.88 Å². The van der Waals surface area contributed by atoms with Crippen LogP contribution in [0.25, 0.3) is 10.9 Å². The molecular weight excluding hydrogens is 232 g/mol. The van der Waals surface area contributed by atoms with Gasteiger partial charge in [0.1, 0.15) is 0 Å². The van der Waals surface area contributed by atoms with Gasteiger partial charge in [-0.15, -0.1) is 0 Å². The van der Waals surface area contributed by atoms with Gasteiger partial charge in [0.2, 0.25) is 0 Å². The van der Waals surface area contributed by atoms with Gasteiger partial charge in [0.05, 0.1) is 0 Å². The minimum absolute atomic E-state index is 0.687. The lowest BCUT2D eigenvalue weighted by Crippen LogP contribution is -2.27. The molecule has 1 aromatic carbocycles. The number of hydrogen-bond donors (Lipinski definition) is 1. The van der Waals surface area contributed by atoms with Crippen molar-refractivity contribution in [1.82, 2.24) is 9.88 Å². The van der Waals surface area contributed by atoms with Crippen molar-refractivity contribution in [2.45, 2.75) is 18.8 Å². The highest BCUT2D eigenvalue weighted by Crippen LogP contribution is 2.31. The zero-order valence-electron chi connectivity index (χ0n) is 10.0. The van der Waals surface area contributed by atoms with E-state index in [0.717, 1.165) is 18.1 Å². The molecule has 3 heteroatoms. The first-order valence-corrected chi connectivity index (χ1v) is 6.59. The maximum atomic E-state index is 6.05. The normalized spacial score (nSPS) is 17.8. The van der Waals surface area contributed by atoms with E-state index in [9.17, 15) is 0 Å². The Bertz CT molecular complexity index is 538. The molecule has 1 fully saturated rings. The summed E-state index contributed by atoms with van der Waals surface area (Å²) < 4.78 is 2.32. The summed E-state index contributed by atoms with van der Waals surface area (Å²) in [7, 11) is 2.16. The van der Waals surface area contributed by atoms with Crippen molar-refractivity contribution in [3.63, 3.8) is 0 Å². The molecule has 90 valence electrons. The number of hydrogen-bond acceptors (Lipinski definition) is 1. The van der Waals surface area contributed by atoms with E-state index in [2.05, 4.69) is 35.1 Å². The highest BCUT2D eigenvalue weighted by Gasteiger charge is 2.19. The van der Waals surface area contributed by atoms with Crippen molar-refractivity contribution < 1.29 is 0 Å². The van der Waals surface area contributed by atoms with Crippen LogP contribution >= 0.6 is 11.6 Å². The smallest absolute Gasteiger partial charge is 0.0481 e. The van der Waals surface area contributed by atoms with Crippen LogP contribution in [0.5, 0.6) is 0 Å². The molecule has 2 nitrogen and oxygen atoms in total. The third-order valence-electron chi connectivity index (χ3n) is 3.80. The molecule has 2 heterocycles. The lowest BCUT2D eigenvalue weighted by molar-refractivity contribution is 0.447. The Morgan fingerprint density at radius 3 is 2.76 bits per heavy atom. The maximum absolute atomic E-state index is 6.05. The predicted octanol–water partition coefficient (Wildman–Crippen LogP) is 3.30. The molecule has 0 amide bonds. The second-order valence-electron chi connectivity index (χ2n) is 4.86. The lowest BCUT2D eigenvalue weighted by atomic mass is 9.94. The fourth-order valence-corrected chi connectivity index (χ4v) is 3.03. The third kappa shape index (κ3) is 1.96. The van der Waals surface area contributed by atoms with Crippen LogP contribution in [-0.2, 0) is 7.05 Å². The summed E-state index contributed by atoms with van der Waals surface area (Å²) in [5, 5.41) is 5.49. The molecular formula is C14H17ClN2. The zero-order chi connectivity index (χ0) is 11.8. The molecule has 0 spiro atoms. The van der Waals surface area contributed by atoms with Crippen LogP contribution in [0.2, 0.25) is 5.02 Å². The summed E-state index contributed by atoms with van der Waals surface area (Å²) in [6.07, 6.45) is 2.47. The van der Waals surface area contributed by atoms with Gasteiger partial charge in [0.25, 0.3) is 0 Å². The van der Waals surface area contributed by atoms with Gasteiger partial charge in [-0.1, -0.05) is 11.6 Å². The molecule has 17 heavy (non-hydrogen) atoms.